The van der Waals surface area contributed by atoms with Crippen molar-refractivity contribution < 1.29 is 14.3 Å². The van der Waals surface area contributed by atoms with Crippen molar-refractivity contribution in [2.45, 2.75) is 6.10 Å². The molecule has 0 aliphatic carbocycles. The van der Waals surface area contributed by atoms with Gasteiger partial charge in [-0.3, -0.25) is 4.79 Å². The van der Waals surface area contributed by atoms with E-state index < -0.39 is 6.10 Å². The summed E-state index contributed by atoms with van der Waals surface area (Å²) in [6, 6.07) is 3.69. The van der Waals surface area contributed by atoms with Crippen LogP contribution in [-0.2, 0) is 14.3 Å². The van der Waals surface area contributed by atoms with Gasteiger partial charge in [-0.25, -0.2) is 4.98 Å². The highest BCUT2D eigenvalue weighted by Gasteiger charge is 2.24. The molecule has 114 valence electrons. The van der Waals surface area contributed by atoms with Crippen LogP contribution in [0.3, 0.4) is 0 Å². The molecule has 2 saturated heterocycles. The van der Waals surface area contributed by atoms with E-state index in [4.69, 9.17) is 9.47 Å². The molecule has 21 heavy (non-hydrogen) atoms. The van der Waals surface area contributed by atoms with Crippen molar-refractivity contribution in [1.29, 1.82) is 0 Å². The van der Waals surface area contributed by atoms with Gasteiger partial charge in [0.2, 0.25) is 0 Å². The number of carbonyl (C=O) groups is 1. The standard InChI is InChI=1S/C14H20N4O3/c19-14(12-10-15-4-7-21-12)17-11-2-1-3-16-13(11)18-5-8-20-9-6-18/h1-3,12,15H,4-10H2,(H,17,19). The molecule has 0 aromatic carbocycles. The van der Waals surface area contributed by atoms with Crippen molar-refractivity contribution in [2.75, 3.05) is 56.2 Å². The van der Waals surface area contributed by atoms with E-state index >= 15 is 0 Å². The first kappa shape index (κ1) is 14.2. The summed E-state index contributed by atoms with van der Waals surface area (Å²) in [5.74, 6) is 0.655. The molecule has 7 heteroatoms. The highest BCUT2D eigenvalue weighted by molar-refractivity contribution is 5.96. The lowest BCUT2D eigenvalue weighted by Crippen LogP contribution is -2.45. The molecule has 2 N–H and O–H groups in total. The van der Waals surface area contributed by atoms with Crippen molar-refractivity contribution in [1.82, 2.24) is 10.3 Å². The number of aromatic nitrogens is 1. The van der Waals surface area contributed by atoms with E-state index in [9.17, 15) is 4.79 Å². The van der Waals surface area contributed by atoms with Crippen LogP contribution in [0.5, 0.6) is 0 Å². The minimum Gasteiger partial charge on any atom is -0.378 e. The molecular formula is C14H20N4O3. The van der Waals surface area contributed by atoms with Gasteiger partial charge in [0.25, 0.3) is 5.91 Å². The van der Waals surface area contributed by atoms with Gasteiger partial charge >= 0.3 is 0 Å². The van der Waals surface area contributed by atoms with Gasteiger partial charge in [0.05, 0.1) is 25.5 Å². The molecule has 1 aromatic heterocycles. The Kier molecular flexibility index (Phi) is 4.64. The Morgan fingerprint density at radius 3 is 3.00 bits per heavy atom. The number of hydrogen-bond donors (Lipinski definition) is 2. The van der Waals surface area contributed by atoms with Gasteiger partial charge in [-0.05, 0) is 12.1 Å². The summed E-state index contributed by atoms with van der Waals surface area (Å²) in [4.78, 5) is 18.8. The molecule has 7 nitrogen and oxygen atoms in total. The van der Waals surface area contributed by atoms with Crippen LogP contribution < -0.4 is 15.5 Å². The zero-order valence-corrected chi connectivity index (χ0v) is 11.9. The fourth-order valence-electron chi connectivity index (χ4n) is 2.47. The minimum atomic E-state index is -0.448. The maximum absolute atomic E-state index is 12.3. The van der Waals surface area contributed by atoms with Gasteiger partial charge < -0.3 is 25.0 Å². The monoisotopic (exact) mass is 292 g/mol. The predicted octanol–water partition coefficient (Wildman–Crippen LogP) is -0.155. The van der Waals surface area contributed by atoms with Gasteiger partial charge in [-0.1, -0.05) is 0 Å². The van der Waals surface area contributed by atoms with E-state index in [0.29, 0.717) is 26.4 Å². The topological polar surface area (TPSA) is 75.7 Å². The Morgan fingerprint density at radius 1 is 1.38 bits per heavy atom. The normalized spacial score (nSPS) is 22.9. The number of nitrogens with zero attached hydrogens (tertiary/aromatic N) is 2. The van der Waals surface area contributed by atoms with E-state index in [0.717, 1.165) is 31.1 Å². The third-order valence-electron chi connectivity index (χ3n) is 3.58. The Labute approximate surface area is 123 Å². The van der Waals surface area contributed by atoms with E-state index in [1.54, 1.807) is 6.20 Å². The zero-order chi connectivity index (χ0) is 14.5. The van der Waals surface area contributed by atoms with Crippen LogP contribution in [0.4, 0.5) is 11.5 Å². The average Bonchev–Trinajstić information content (AvgIpc) is 2.57. The molecule has 1 unspecified atom stereocenters. The summed E-state index contributed by atoms with van der Waals surface area (Å²) >= 11 is 0. The fraction of sp³-hybridized carbons (Fsp3) is 0.571. The van der Waals surface area contributed by atoms with Gasteiger partial charge in [0, 0.05) is 32.4 Å². The molecule has 2 fully saturated rings. The second-order valence-corrected chi connectivity index (χ2v) is 5.03. The van der Waals surface area contributed by atoms with Crippen LogP contribution in [0.15, 0.2) is 18.3 Å². The molecule has 2 aliphatic rings. The van der Waals surface area contributed by atoms with Crippen molar-refractivity contribution in [3.05, 3.63) is 18.3 Å². The summed E-state index contributed by atoms with van der Waals surface area (Å²) in [5.41, 5.74) is 0.721. The Morgan fingerprint density at radius 2 is 2.24 bits per heavy atom. The fourth-order valence-corrected chi connectivity index (χ4v) is 2.47. The van der Waals surface area contributed by atoms with Crippen LogP contribution >= 0.6 is 0 Å². The summed E-state index contributed by atoms with van der Waals surface area (Å²) in [6.45, 7) is 4.80. The van der Waals surface area contributed by atoms with Crippen molar-refractivity contribution >= 4 is 17.4 Å². The lowest BCUT2D eigenvalue weighted by atomic mass is 10.2. The molecule has 0 radical (unpaired) electrons. The molecular weight excluding hydrogens is 272 g/mol. The van der Waals surface area contributed by atoms with Crippen LogP contribution in [-0.4, -0.2) is 63.0 Å². The number of amides is 1. The number of nitrogens with one attached hydrogen (secondary N) is 2. The maximum atomic E-state index is 12.3. The van der Waals surface area contributed by atoms with Gasteiger partial charge in [-0.15, -0.1) is 0 Å². The van der Waals surface area contributed by atoms with Gasteiger partial charge in [0.1, 0.15) is 6.10 Å². The van der Waals surface area contributed by atoms with Crippen LogP contribution in [0, 0.1) is 0 Å². The van der Waals surface area contributed by atoms with Crippen molar-refractivity contribution in [3.63, 3.8) is 0 Å². The van der Waals surface area contributed by atoms with Crippen LogP contribution in [0.2, 0.25) is 0 Å². The third kappa shape index (κ3) is 3.49. The quantitative estimate of drug-likeness (QED) is 0.806. The molecule has 1 amide bonds. The second kappa shape index (κ2) is 6.84. The van der Waals surface area contributed by atoms with E-state index in [-0.39, 0.29) is 5.91 Å². The molecule has 0 saturated carbocycles. The lowest BCUT2D eigenvalue weighted by Gasteiger charge is -2.30. The number of carbonyl (C=O) groups excluding carboxylic acids is 1. The predicted molar refractivity (Wildman–Crippen MR) is 78.5 cm³/mol. The first-order valence-corrected chi connectivity index (χ1v) is 7.25. The van der Waals surface area contributed by atoms with Crippen LogP contribution in [0.1, 0.15) is 0 Å². The molecule has 3 heterocycles. The Balaban J connectivity index is 1.70. The molecule has 2 aliphatic heterocycles. The number of ether oxygens (including phenoxy) is 2. The van der Waals surface area contributed by atoms with E-state index in [1.165, 1.54) is 0 Å². The summed E-state index contributed by atoms with van der Waals surface area (Å²) in [7, 11) is 0. The maximum Gasteiger partial charge on any atom is 0.254 e. The SMILES string of the molecule is O=C(Nc1cccnc1N1CCOCC1)C1CNCCO1. The molecule has 0 spiro atoms. The Hall–Kier alpha value is -1.70. The van der Waals surface area contributed by atoms with Crippen LogP contribution in [0.25, 0.3) is 0 Å². The number of pyridine rings is 1. The van der Waals surface area contributed by atoms with Crippen molar-refractivity contribution in [2.24, 2.45) is 0 Å². The largest absolute Gasteiger partial charge is 0.378 e. The van der Waals surface area contributed by atoms with Crippen molar-refractivity contribution in [3.8, 4) is 0 Å². The Bertz CT molecular complexity index is 485. The summed E-state index contributed by atoms with van der Waals surface area (Å²) in [6.07, 6.45) is 1.29. The number of anilines is 2. The summed E-state index contributed by atoms with van der Waals surface area (Å²) < 4.78 is 10.8. The number of rotatable bonds is 3. The molecule has 0 bridgehead atoms. The van der Waals surface area contributed by atoms with Gasteiger partial charge in [0.15, 0.2) is 5.82 Å². The van der Waals surface area contributed by atoms with E-state index in [2.05, 4.69) is 20.5 Å². The summed E-state index contributed by atoms with van der Waals surface area (Å²) in [5, 5.41) is 6.08. The highest BCUT2D eigenvalue weighted by Crippen LogP contribution is 2.23. The highest BCUT2D eigenvalue weighted by atomic mass is 16.5. The first-order chi connectivity index (χ1) is 10.3. The molecule has 1 atom stereocenters. The minimum absolute atomic E-state index is 0.135. The zero-order valence-electron chi connectivity index (χ0n) is 11.9. The second-order valence-electron chi connectivity index (χ2n) is 5.03. The smallest absolute Gasteiger partial charge is 0.254 e. The molecule has 1 aromatic rings. The molecule has 3 rings (SSSR count). The first-order valence-electron chi connectivity index (χ1n) is 7.25. The van der Waals surface area contributed by atoms with E-state index in [1.807, 2.05) is 12.1 Å². The average molecular weight is 292 g/mol. The lowest BCUT2D eigenvalue weighted by molar-refractivity contribution is -0.128. The number of morpholine rings is 2. The van der Waals surface area contributed by atoms with Gasteiger partial charge in [-0.2, -0.15) is 0 Å². The third-order valence-corrected chi connectivity index (χ3v) is 3.58. The number of hydrogen-bond acceptors (Lipinski definition) is 6.